The van der Waals surface area contributed by atoms with E-state index in [1.165, 1.54) is 31.6 Å². The zero-order chi connectivity index (χ0) is 19.0. The van der Waals surface area contributed by atoms with Gasteiger partial charge in [-0.25, -0.2) is 19.0 Å². The van der Waals surface area contributed by atoms with Gasteiger partial charge in [-0.05, 0) is 19.1 Å². The van der Waals surface area contributed by atoms with Gasteiger partial charge in [0.25, 0.3) is 5.56 Å². The number of pyridine rings is 1. The van der Waals surface area contributed by atoms with Crippen molar-refractivity contribution in [2.75, 3.05) is 12.4 Å². The third kappa shape index (κ3) is 2.99. The SMILES string of the molecule is COc1ccc(F)cc1-n1nc(C)c2cnc(Nc3ncc[nH]c3=O)cc21. The molecule has 0 saturated carbocycles. The number of ether oxygens (including phenoxy) is 1. The molecule has 8 nitrogen and oxygen atoms in total. The molecule has 4 aromatic rings. The summed E-state index contributed by atoms with van der Waals surface area (Å²) in [5.74, 6) is 0.603. The molecule has 0 amide bonds. The van der Waals surface area contributed by atoms with Gasteiger partial charge in [-0.2, -0.15) is 5.10 Å². The second-order valence-electron chi connectivity index (χ2n) is 5.79. The second kappa shape index (κ2) is 6.52. The molecular formula is C18H15FN6O2. The van der Waals surface area contributed by atoms with E-state index >= 15 is 0 Å². The molecule has 0 aliphatic carbocycles. The molecule has 0 spiro atoms. The van der Waals surface area contributed by atoms with E-state index in [1.54, 1.807) is 23.0 Å². The van der Waals surface area contributed by atoms with Gasteiger partial charge in [-0.3, -0.25) is 4.79 Å². The monoisotopic (exact) mass is 366 g/mol. The van der Waals surface area contributed by atoms with E-state index in [-0.39, 0.29) is 11.4 Å². The molecule has 0 saturated heterocycles. The van der Waals surface area contributed by atoms with E-state index in [2.05, 4.69) is 25.4 Å². The Balaban J connectivity index is 1.87. The Morgan fingerprint density at radius 3 is 2.89 bits per heavy atom. The average Bonchev–Trinajstić information content (AvgIpc) is 2.99. The average molecular weight is 366 g/mol. The molecule has 27 heavy (non-hydrogen) atoms. The fraction of sp³-hybridized carbons (Fsp3) is 0.111. The molecular weight excluding hydrogens is 351 g/mol. The maximum Gasteiger partial charge on any atom is 0.291 e. The Kier molecular flexibility index (Phi) is 4.03. The summed E-state index contributed by atoms with van der Waals surface area (Å²) in [6.45, 7) is 1.84. The van der Waals surface area contributed by atoms with E-state index in [9.17, 15) is 9.18 Å². The minimum absolute atomic E-state index is 0.121. The van der Waals surface area contributed by atoms with Gasteiger partial charge in [0.15, 0.2) is 5.82 Å². The highest BCUT2D eigenvalue weighted by atomic mass is 19.1. The number of fused-ring (bicyclic) bond motifs is 1. The maximum atomic E-state index is 13.8. The lowest BCUT2D eigenvalue weighted by Gasteiger charge is -2.10. The summed E-state index contributed by atoms with van der Waals surface area (Å²) in [5.41, 5.74) is 1.51. The van der Waals surface area contributed by atoms with Gasteiger partial charge in [0.2, 0.25) is 0 Å². The quantitative estimate of drug-likeness (QED) is 0.576. The molecule has 4 rings (SSSR count). The van der Waals surface area contributed by atoms with Gasteiger partial charge in [-0.1, -0.05) is 0 Å². The standard InChI is InChI=1S/C18H15FN6O2/c1-10-12-9-22-16(23-17-18(26)21-6-5-20-17)8-13(12)25(24-10)14-7-11(19)3-4-15(14)27-2/h3-9H,1-2H3,(H,21,26)(H,20,22,23). The first-order valence-corrected chi connectivity index (χ1v) is 8.07. The van der Waals surface area contributed by atoms with Crippen molar-refractivity contribution in [2.45, 2.75) is 6.92 Å². The van der Waals surface area contributed by atoms with Gasteiger partial charge in [0.1, 0.15) is 23.1 Å². The first-order valence-electron chi connectivity index (χ1n) is 8.07. The summed E-state index contributed by atoms with van der Waals surface area (Å²) in [6.07, 6.45) is 4.55. The summed E-state index contributed by atoms with van der Waals surface area (Å²) in [7, 11) is 1.51. The van der Waals surface area contributed by atoms with Gasteiger partial charge in [0, 0.05) is 36.1 Å². The topological polar surface area (TPSA) is 97.7 Å². The fourth-order valence-corrected chi connectivity index (χ4v) is 2.80. The highest BCUT2D eigenvalue weighted by Crippen LogP contribution is 2.29. The normalized spacial score (nSPS) is 10.9. The smallest absolute Gasteiger partial charge is 0.291 e. The molecule has 0 unspecified atom stereocenters. The van der Waals surface area contributed by atoms with Crippen molar-refractivity contribution in [3.63, 3.8) is 0 Å². The highest BCUT2D eigenvalue weighted by molar-refractivity contribution is 5.85. The number of rotatable bonds is 4. The first-order chi connectivity index (χ1) is 13.1. The van der Waals surface area contributed by atoms with Gasteiger partial charge < -0.3 is 15.0 Å². The van der Waals surface area contributed by atoms with Crippen LogP contribution in [0.15, 0.2) is 47.7 Å². The highest BCUT2D eigenvalue weighted by Gasteiger charge is 2.15. The van der Waals surface area contributed by atoms with Crippen LogP contribution in [0.5, 0.6) is 5.75 Å². The second-order valence-corrected chi connectivity index (χ2v) is 5.79. The van der Waals surface area contributed by atoms with Crippen LogP contribution in [-0.4, -0.2) is 31.8 Å². The van der Waals surface area contributed by atoms with Crippen LogP contribution in [0.4, 0.5) is 16.0 Å². The van der Waals surface area contributed by atoms with E-state index in [0.29, 0.717) is 22.8 Å². The Labute approximate surface area is 152 Å². The number of nitrogens with zero attached hydrogens (tertiary/aromatic N) is 4. The summed E-state index contributed by atoms with van der Waals surface area (Å²) < 4.78 is 20.7. The number of H-pyrrole nitrogens is 1. The lowest BCUT2D eigenvalue weighted by molar-refractivity contribution is 0.411. The number of aromatic amines is 1. The number of nitrogens with one attached hydrogen (secondary N) is 2. The van der Waals surface area contributed by atoms with Crippen molar-refractivity contribution in [3.05, 3.63) is 64.7 Å². The summed E-state index contributed by atoms with van der Waals surface area (Å²) in [6, 6.07) is 5.93. The number of aryl methyl sites for hydroxylation is 1. The van der Waals surface area contributed by atoms with Crippen molar-refractivity contribution in [1.29, 1.82) is 0 Å². The van der Waals surface area contributed by atoms with Crippen LogP contribution in [0.25, 0.3) is 16.6 Å². The minimum atomic E-state index is -0.403. The molecule has 0 radical (unpaired) electrons. The van der Waals surface area contributed by atoms with Crippen LogP contribution in [-0.2, 0) is 0 Å². The lowest BCUT2D eigenvalue weighted by atomic mass is 10.2. The van der Waals surface area contributed by atoms with Crippen LogP contribution < -0.4 is 15.6 Å². The van der Waals surface area contributed by atoms with Gasteiger partial charge in [-0.15, -0.1) is 0 Å². The summed E-state index contributed by atoms with van der Waals surface area (Å²) in [5, 5.41) is 8.17. The summed E-state index contributed by atoms with van der Waals surface area (Å²) in [4.78, 5) is 22.7. The van der Waals surface area contributed by atoms with Crippen molar-refractivity contribution in [1.82, 2.24) is 24.7 Å². The summed E-state index contributed by atoms with van der Waals surface area (Å²) >= 11 is 0. The Morgan fingerprint density at radius 2 is 2.11 bits per heavy atom. The molecule has 3 heterocycles. The zero-order valence-corrected chi connectivity index (χ0v) is 14.5. The van der Waals surface area contributed by atoms with E-state index in [4.69, 9.17) is 4.74 Å². The van der Waals surface area contributed by atoms with Gasteiger partial charge in [0.05, 0.1) is 18.3 Å². The lowest BCUT2D eigenvalue weighted by Crippen LogP contribution is -2.12. The minimum Gasteiger partial charge on any atom is -0.494 e. The third-order valence-corrected chi connectivity index (χ3v) is 4.07. The number of hydrogen-bond donors (Lipinski definition) is 2. The fourth-order valence-electron chi connectivity index (χ4n) is 2.80. The third-order valence-electron chi connectivity index (χ3n) is 4.07. The van der Waals surface area contributed by atoms with Crippen molar-refractivity contribution >= 4 is 22.5 Å². The molecule has 136 valence electrons. The van der Waals surface area contributed by atoms with E-state index < -0.39 is 5.82 Å². The van der Waals surface area contributed by atoms with E-state index in [1.807, 2.05) is 6.92 Å². The zero-order valence-electron chi connectivity index (χ0n) is 14.5. The molecule has 0 bridgehead atoms. The number of benzene rings is 1. The van der Waals surface area contributed by atoms with Crippen molar-refractivity contribution in [3.8, 4) is 11.4 Å². The van der Waals surface area contributed by atoms with Gasteiger partial charge >= 0.3 is 0 Å². The van der Waals surface area contributed by atoms with Crippen LogP contribution in [0.2, 0.25) is 0 Å². The Bertz CT molecular complexity index is 1200. The van der Waals surface area contributed by atoms with Crippen molar-refractivity contribution in [2.24, 2.45) is 0 Å². The number of aromatic nitrogens is 5. The number of anilines is 2. The molecule has 3 aromatic heterocycles. The maximum absolute atomic E-state index is 13.8. The van der Waals surface area contributed by atoms with Crippen molar-refractivity contribution < 1.29 is 9.13 Å². The molecule has 0 aliphatic heterocycles. The molecule has 0 fully saturated rings. The van der Waals surface area contributed by atoms with Crippen LogP contribution in [0, 0.1) is 12.7 Å². The Morgan fingerprint density at radius 1 is 1.26 bits per heavy atom. The molecule has 0 aliphatic rings. The predicted octanol–water partition coefficient (Wildman–Crippen LogP) is 2.70. The van der Waals surface area contributed by atoms with Crippen LogP contribution in [0.3, 0.4) is 0 Å². The Hall–Kier alpha value is -3.75. The molecule has 2 N–H and O–H groups in total. The van der Waals surface area contributed by atoms with Crippen LogP contribution >= 0.6 is 0 Å². The van der Waals surface area contributed by atoms with Crippen LogP contribution in [0.1, 0.15) is 5.69 Å². The molecule has 1 aromatic carbocycles. The predicted molar refractivity (Wildman–Crippen MR) is 98.3 cm³/mol. The largest absolute Gasteiger partial charge is 0.494 e. The first kappa shape index (κ1) is 16.7. The molecule has 9 heteroatoms. The number of hydrogen-bond acceptors (Lipinski definition) is 6. The van der Waals surface area contributed by atoms with E-state index in [0.717, 1.165) is 11.1 Å². The number of halogens is 1. The molecule has 0 atom stereocenters. The number of methoxy groups -OCH3 is 1.